The third-order valence-electron chi connectivity index (χ3n) is 3.43. The van der Waals surface area contributed by atoms with Crippen molar-refractivity contribution in [1.29, 1.82) is 0 Å². The molecule has 0 aliphatic carbocycles. The third kappa shape index (κ3) is 17.0. The Balaban J connectivity index is 3.78. The number of aliphatic carboxylic acids is 1. The summed E-state index contributed by atoms with van der Waals surface area (Å²) >= 11 is 0. The van der Waals surface area contributed by atoms with Gasteiger partial charge in [-0.15, -0.1) is 0 Å². The molecule has 0 bridgehead atoms. The van der Waals surface area contributed by atoms with Crippen LogP contribution in [0.25, 0.3) is 0 Å². The zero-order valence-electron chi connectivity index (χ0n) is 16.0. The molecule has 2 atom stereocenters. The highest BCUT2D eigenvalue weighted by atomic mass is 17.1. The predicted octanol–water partition coefficient (Wildman–Crippen LogP) is 4.99. The Hall–Kier alpha value is -2.21. The minimum atomic E-state index is -1.21. The van der Waals surface area contributed by atoms with Crippen LogP contribution in [0.2, 0.25) is 0 Å². The lowest BCUT2D eigenvalue weighted by molar-refractivity contribution is -0.275. The highest BCUT2D eigenvalue weighted by Gasteiger charge is 2.15. The van der Waals surface area contributed by atoms with Crippen molar-refractivity contribution in [3.05, 3.63) is 72.9 Å². The van der Waals surface area contributed by atoms with Crippen molar-refractivity contribution in [2.75, 3.05) is 0 Å². The van der Waals surface area contributed by atoms with Gasteiger partial charge in [0.05, 0.1) is 6.10 Å². The van der Waals surface area contributed by atoms with Gasteiger partial charge in [0, 0.05) is 6.42 Å². The molecule has 0 aromatic carbocycles. The quantitative estimate of drug-likeness (QED) is 0.162. The second-order valence-electron chi connectivity index (χ2n) is 5.79. The Labute approximate surface area is 162 Å². The number of hydrogen-bond acceptors (Lipinski definition) is 4. The summed E-state index contributed by atoms with van der Waals surface area (Å²) < 4.78 is 0. The maximum absolute atomic E-state index is 10.6. The average molecular weight is 376 g/mol. The largest absolute Gasteiger partial charge is 0.479 e. The van der Waals surface area contributed by atoms with Crippen LogP contribution < -0.4 is 0 Å². The smallest absolute Gasteiger partial charge is 0.336 e. The Bertz CT molecular complexity index is 541. The van der Waals surface area contributed by atoms with Crippen LogP contribution in [0.4, 0.5) is 0 Å². The maximum Gasteiger partial charge on any atom is 0.336 e. The van der Waals surface area contributed by atoms with E-state index in [9.17, 15) is 9.90 Å². The molecule has 0 amide bonds. The van der Waals surface area contributed by atoms with Crippen LogP contribution in [-0.2, 0) is 9.68 Å². The van der Waals surface area contributed by atoms with E-state index in [4.69, 9.17) is 10.4 Å². The second-order valence-corrected chi connectivity index (χ2v) is 5.79. The molecule has 5 heteroatoms. The summed E-state index contributed by atoms with van der Waals surface area (Å²) in [6.07, 6.45) is 25.8. The number of aliphatic hydroxyl groups excluding tert-OH is 1. The number of aliphatic hydroxyl groups is 1. The lowest BCUT2D eigenvalue weighted by atomic mass is 10.2. The van der Waals surface area contributed by atoms with Crippen molar-refractivity contribution < 1.29 is 25.2 Å². The third-order valence-corrected chi connectivity index (χ3v) is 3.43. The van der Waals surface area contributed by atoms with Crippen molar-refractivity contribution in [3.8, 4) is 0 Å². The summed E-state index contributed by atoms with van der Waals surface area (Å²) in [4.78, 5) is 14.4. The minimum absolute atomic E-state index is 0.132. The lowest BCUT2D eigenvalue weighted by Gasteiger charge is -2.03. The molecule has 0 saturated carbocycles. The molecule has 1 unspecified atom stereocenters. The highest BCUT2D eigenvalue weighted by Crippen LogP contribution is 2.00. The van der Waals surface area contributed by atoms with Gasteiger partial charge < -0.3 is 10.2 Å². The zero-order chi connectivity index (χ0) is 20.2. The van der Waals surface area contributed by atoms with Crippen LogP contribution in [0.15, 0.2) is 72.9 Å². The van der Waals surface area contributed by atoms with Gasteiger partial charge in [-0.1, -0.05) is 79.8 Å². The Morgan fingerprint density at radius 1 is 0.852 bits per heavy atom. The fourth-order valence-electron chi connectivity index (χ4n) is 1.96. The standard InChI is InChI=1S/C22H32O5/c1-2-3-14-17-20(23)18-15-12-10-8-6-4-5-7-9-11-13-16-19-21(27-26)22(24)25/h3-4,6-7,9-10,12-16,18,20-21,23,26H,2,5,8,11,17,19H2,1H3,(H,24,25)/t20-,21?/m0/s1. The van der Waals surface area contributed by atoms with Gasteiger partial charge in [-0.05, 0) is 32.1 Å². The van der Waals surface area contributed by atoms with Crippen molar-refractivity contribution in [1.82, 2.24) is 0 Å². The lowest BCUT2D eigenvalue weighted by Crippen LogP contribution is -2.21. The number of carbonyl (C=O) groups is 1. The first kappa shape index (κ1) is 24.8. The van der Waals surface area contributed by atoms with Gasteiger partial charge >= 0.3 is 5.97 Å². The first-order chi connectivity index (χ1) is 13.1. The van der Waals surface area contributed by atoms with Crippen LogP contribution >= 0.6 is 0 Å². The molecule has 0 aromatic rings. The first-order valence-corrected chi connectivity index (χ1v) is 9.26. The van der Waals surface area contributed by atoms with E-state index in [1.807, 2.05) is 48.6 Å². The van der Waals surface area contributed by atoms with E-state index in [2.05, 4.69) is 24.0 Å². The average Bonchev–Trinajstić information content (AvgIpc) is 2.65. The molecule has 0 aromatic heterocycles. The number of hydrogen-bond donors (Lipinski definition) is 3. The van der Waals surface area contributed by atoms with E-state index in [-0.39, 0.29) is 6.42 Å². The topological polar surface area (TPSA) is 87.0 Å². The maximum atomic E-state index is 10.6. The highest BCUT2D eigenvalue weighted by molar-refractivity contribution is 5.72. The Morgan fingerprint density at radius 2 is 1.41 bits per heavy atom. The summed E-state index contributed by atoms with van der Waals surface area (Å²) in [6.45, 7) is 2.07. The molecule has 0 radical (unpaired) electrons. The molecular weight excluding hydrogens is 344 g/mol. The van der Waals surface area contributed by atoms with Gasteiger partial charge in [0.25, 0.3) is 0 Å². The SMILES string of the molecule is CCC=CC[C@H](O)C=CC=CCC=CCC=CCC=CCC(OO)C(=O)O. The molecule has 150 valence electrons. The monoisotopic (exact) mass is 376 g/mol. The number of carboxylic acids is 1. The number of carboxylic acid groups (broad SMARTS) is 1. The van der Waals surface area contributed by atoms with Gasteiger partial charge in [0.15, 0.2) is 6.10 Å². The first-order valence-electron chi connectivity index (χ1n) is 9.26. The molecule has 3 N–H and O–H groups in total. The van der Waals surface area contributed by atoms with Crippen LogP contribution in [0.3, 0.4) is 0 Å². The van der Waals surface area contributed by atoms with Crippen molar-refractivity contribution in [2.45, 2.75) is 57.7 Å². The van der Waals surface area contributed by atoms with Crippen molar-refractivity contribution in [3.63, 3.8) is 0 Å². The van der Waals surface area contributed by atoms with Crippen molar-refractivity contribution in [2.24, 2.45) is 0 Å². The van der Waals surface area contributed by atoms with Gasteiger partial charge in [-0.2, -0.15) is 0 Å². The van der Waals surface area contributed by atoms with E-state index in [0.717, 1.165) is 19.3 Å². The number of allylic oxidation sites excluding steroid dienone is 9. The second kappa shape index (κ2) is 18.6. The van der Waals surface area contributed by atoms with Crippen LogP contribution in [-0.4, -0.2) is 33.6 Å². The summed E-state index contributed by atoms with van der Waals surface area (Å²) in [7, 11) is 0. The van der Waals surface area contributed by atoms with Gasteiger partial charge in [0.1, 0.15) is 0 Å². The fourth-order valence-corrected chi connectivity index (χ4v) is 1.96. The van der Waals surface area contributed by atoms with E-state index < -0.39 is 18.2 Å². The summed E-state index contributed by atoms with van der Waals surface area (Å²) in [5.74, 6) is -1.19. The molecule has 0 spiro atoms. The Kier molecular flexibility index (Phi) is 17.1. The van der Waals surface area contributed by atoms with Crippen LogP contribution in [0.1, 0.15) is 45.4 Å². The molecule has 27 heavy (non-hydrogen) atoms. The van der Waals surface area contributed by atoms with Gasteiger partial charge in [-0.25, -0.2) is 9.68 Å². The van der Waals surface area contributed by atoms with E-state index in [0.29, 0.717) is 12.8 Å². The molecule has 0 rings (SSSR count). The molecule has 0 heterocycles. The molecule has 0 saturated heterocycles. The van der Waals surface area contributed by atoms with Gasteiger partial charge in [-0.3, -0.25) is 5.26 Å². The van der Waals surface area contributed by atoms with Crippen LogP contribution in [0.5, 0.6) is 0 Å². The van der Waals surface area contributed by atoms with Crippen LogP contribution in [0, 0.1) is 0 Å². The van der Waals surface area contributed by atoms with E-state index in [1.54, 1.807) is 12.2 Å². The minimum Gasteiger partial charge on any atom is -0.479 e. The molecule has 0 fully saturated rings. The fraction of sp³-hybridized carbons (Fsp3) is 0.409. The summed E-state index contributed by atoms with van der Waals surface area (Å²) in [6, 6.07) is 0. The van der Waals surface area contributed by atoms with Gasteiger partial charge in [0.2, 0.25) is 0 Å². The molecule has 5 nitrogen and oxygen atoms in total. The normalized spacial score (nSPS) is 15.4. The van der Waals surface area contributed by atoms with E-state index >= 15 is 0 Å². The Morgan fingerprint density at radius 3 is 1.96 bits per heavy atom. The molecular formula is C22H32O5. The zero-order valence-corrected chi connectivity index (χ0v) is 16.0. The van der Waals surface area contributed by atoms with Crippen molar-refractivity contribution >= 4 is 5.97 Å². The molecule has 0 aliphatic heterocycles. The number of rotatable bonds is 15. The van der Waals surface area contributed by atoms with E-state index in [1.165, 1.54) is 0 Å². The molecule has 0 aliphatic rings. The summed E-state index contributed by atoms with van der Waals surface area (Å²) in [5.41, 5.74) is 0. The predicted molar refractivity (Wildman–Crippen MR) is 109 cm³/mol. The summed E-state index contributed by atoms with van der Waals surface area (Å²) in [5, 5.41) is 26.7.